The standard InChI is InChI=1S/C78H53N3O2/c1-5-17-54(18-6-1)56-29-39-64(40-30-56)79(62-21-9-3-10-22-62)68-51-69(80(63-23-11-4-12-24-63)65-41-31-57(32-42-65)55-19-7-2-8-20-55)53-70(52-68)81(66-43-33-58(34-44-66)60-37-47-77-73(49-60)71-25-13-15-27-75(71)82-77)67-45-35-59(36-46-67)61-38-48-78-74(50-61)72-26-14-16-28-76(72)83-78/h1-53H. The molecule has 0 aliphatic rings. The number of nitrogens with zero attached hydrogens (tertiary/aromatic N) is 3. The van der Waals surface area contributed by atoms with Crippen molar-refractivity contribution < 1.29 is 8.83 Å². The lowest BCUT2D eigenvalue weighted by atomic mass is 10.0. The maximum atomic E-state index is 6.26. The molecule has 0 radical (unpaired) electrons. The third-order valence-electron chi connectivity index (χ3n) is 15.8. The summed E-state index contributed by atoms with van der Waals surface area (Å²) < 4.78 is 12.5. The van der Waals surface area contributed by atoms with Gasteiger partial charge in [0.25, 0.3) is 0 Å². The first-order valence-electron chi connectivity index (χ1n) is 28.1. The van der Waals surface area contributed by atoms with Gasteiger partial charge in [0.1, 0.15) is 22.3 Å². The largest absolute Gasteiger partial charge is 0.456 e. The maximum Gasteiger partial charge on any atom is 0.135 e. The van der Waals surface area contributed by atoms with E-state index in [1.807, 2.05) is 24.3 Å². The van der Waals surface area contributed by atoms with Gasteiger partial charge in [-0.25, -0.2) is 0 Å². The Kier molecular flexibility index (Phi) is 12.5. The van der Waals surface area contributed by atoms with Crippen LogP contribution < -0.4 is 14.7 Å². The zero-order valence-corrected chi connectivity index (χ0v) is 45.3. The van der Waals surface area contributed by atoms with E-state index in [0.717, 1.165) is 128 Å². The Morgan fingerprint density at radius 2 is 0.398 bits per heavy atom. The first-order valence-corrected chi connectivity index (χ1v) is 28.1. The third-order valence-corrected chi connectivity index (χ3v) is 15.8. The Hall–Kier alpha value is -11.1. The minimum absolute atomic E-state index is 0.878. The van der Waals surface area contributed by atoms with Gasteiger partial charge >= 0.3 is 0 Å². The summed E-state index contributed by atoms with van der Waals surface area (Å²) >= 11 is 0. The van der Waals surface area contributed by atoms with Gasteiger partial charge < -0.3 is 23.5 Å². The summed E-state index contributed by atoms with van der Waals surface area (Å²) in [6, 6.07) is 115. The molecule has 0 N–H and O–H groups in total. The molecule has 0 fully saturated rings. The smallest absolute Gasteiger partial charge is 0.135 e. The second-order valence-electron chi connectivity index (χ2n) is 20.9. The van der Waals surface area contributed by atoms with Crippen molar-refractivity contribution in [3.8, 4) is 44.5 Å². The van der Waals surface area contributed by atoms with E-state index in [-0.39, 0.29) is 0 Å². The first-order chi connectivity index (χ1) is 41.1. The Morgan fingerprint density at radius 1 is 0.157 bits per heavy atom. The second-order valence-corrected chi connectivity index (χ2v) is 20.9. The molecule has 0 atom stereocenters. The third kappa shape index (κ3) is 9.42. The molecule has 0 saturated heterocycles. The quantitative estimate of drug-likeness (QED) is 0.115. The molecule has 5 heteroatoms. The fourth-order valence-corrected chi connectivity index (χ4v) is 11.7. The summed E-state index contributed by atoms with van der Waals surface area (Å²) in [5, 5.41) is 4.42. The summed E-state index contributed by atoms with van der Waals surface area (Å²) in [7, 11) is 0. The number of benzene rings is 13. The van der Waals surface area contributed by atoms with Crippen LogP contribution in [0.15, 0.2) is 330 Å². The van der Waals surface area contributed by atoms with Crippen LogP contribution in [0.2, 0.25) is 0 Å². The van der Waals surface area contributed by atoms with Crippen molar-refractivity contribution in [2.45, 2.75) is 0 Å². The SMILES string of the molecule is c1ccc(-c2ccc(N(c3ccccc3)c3cc(N(c4ccccc4)c4ccc(-c5ccccc5)cc4)cc(N(c4ccc(-c5ccc6oc7ccccc7c6c5)cc4)c4ccc(-c5ccc6oc7ccccc7c6c5)cc4)c3)cc2)cc1. The van der Waals surface area contributed by atoms with Crippen molar-refractivity contribution >= 4 is 95.1 Å². The molecule has 5 nitrogen and oxygen atoms in total. The van der Waals surface area contributed by atoms with E-state index in [0.29, 0.717) is 0 Å². The summed E-state index contributed by atoms with van der Waals surface area (Å²) in [4.78, 5) is 7.14. The van der Waals surface area contributed by atoms with E-state index < -0.39 is 0 Å². The van der Waals surface area contributed by atoms with Gasteiger partial charge in [0.15, 0.2) is 0 Å². The molecular weight excluding hydrogens is 1010 g/mol. The summed E-state index contributed by atoms with van der Waals surface area (Å²) in [6.45, 7) is 0. The van der Waals surface area contributed by atoms with Crippen molar-refractivity contribution in [1.29, 1.82) is 0 Å². The average Bonchev–Trinajstić information content (AvgIpc) is 4.31. The predicted molar refractivity (Wildman–Crippen MR) is 347 cm³/mol. The van der Waals surface area contributed by atoms with Crippen LogP contribution in [0.25, 0.3) is 88.4 Å². The molecule has 392 valence electrons. The second kappa shape index (κ2) is 21.2. The molecule has 2 aromatic heterocycles. The molecule has 0 bridgehead atoms. The van der Waals surface area contributed by atoms with Crippen LogP contribution in [0.4, 0.5) is 51.2 Å². The summed E-state index contributed by atoms with van der Waals surface area (Å²) in [5.41, 5.74) is 21.7. The molecule has 15 aromatic rings. The molecule has 0 unspecified atom stereocenters. The van der Waals surface area contributed by atoms with Crippen molar-refractivity contribution in [2.75, 3.05) is 14.7 Å². The molecule has 15 rings (SSSR count). The Bertz CT molecular complexity index is 4450. The summed E-state index contributed by atoms with van der Waals surface area (Å²) in [5.74, 6) is 0. The maximum absolute atomic E-state index is 6.26. The Morgan fingerprint density at radius 3 is 0.735 bits per heavy atom. The highest BCUT2D eigenvalue weighted by atomic mass is 16.3. The molecule has 0 aliphatic heterocycles. The van der Waals surface area contributed by atoms with E-state index in [2.05, 4.69) is 312 Å². The highest BCUT2D eigenvalue weighted by Crippen LogP contribution is 2.47. The Balaban J connectivity index is 0.928. The van der Waals surface area contributed by atoms with E-state index >= 15 is 0 Å². The molecule has 2 heterocycles. The molecule has 0 saturated carbocycles. The zero-order chi connectivity index (χ0) is 55.1. The Labute approximate surface area is 482 Å². The minimum Gasteiger partial charge on any atom is -0.456 e. The van der Waals surface area contributed by atoms with Crippen LogP contribution in [0.3, 0.4) is 0 Å². The number of anilines is 9. The number of para-hydroxylation sites is 4. The van der Waals surface area contributed by atoms with Gasteiger partial charge in [0.2, 0.25) is 0 Å². The van der Waals surface area contributed by atoms with Crippen LogP contribution in [0, 0.1) is 0 Å². The number of rotatable bonds is 13. The van der Waals surface area contributed by atoms with Gasteiger partial charge in [0, 0.05) is 55.7 Å². The number of fused-ring (bicyclic) bond motifs is 6. The molecule has 0 spiro atoms. The lowest BCUT2D eigenvalue weighted by Gasteiger charge is -2.33. The van der Waals surface area contributed by atoms with Crippen LogP contribution >= 0.6 is 0 Å². The van der Waals surface area contributed by atoms with E-state index in [9.17, 15) is 0 Å². The van der Waals surface area contributed by atoms with Crippen LogP contribution in [-0.4, -0.2) is 0 Å². The lowest BCUT2D eigenvalue weighted by Crippen LogP contribution is -2.16. The van der Waals surface area contributed by atoms with Crippen molar-refractivity contribution in [2.24, 2.45) is 0 Å². The molecule has 83 heavy (non-hydrogen) atoms. The van der Waals surface area contributed by atoms with Gasteiger partial charge in [-0.05, 0) is 172 Å². The minimum atomic E-state index is 0.878. The zero-order valence-electron chi connectivity index (χ0n) is 45.3. The molecular formula is C78H53N3O2. The highest BCUT2D eigenvalue weighted by Gasteiger charge is 2.23. The van der Waals surface area contributed by atoms with Gasteiger partial charge in [-0.1, -0.05) is 194 Å². The fourth-order valence-electron chi connectivity index (χ4n) is 11.7. The van der Waals surface area contributed by atoms with Crippen LogP contribution in [0.5, 0.6) is 0 Å². The van der Waals surface area contributed by atoms with Crippen molar-refractivity contribution in [1.82, 2.24) is 0 Å². The average molecular weight is 1060 g/mol. The van der Waals surface area contributed by atoms with Gasteiger partial charge in [0.05, 0.1) is 17.1 Å². The van der Waals surface area contributed by atoms with Crippen LogP contribution in [0.1, 0.15) is 0 Å². The molecule has 0 amide bonds. The van der Waals surface area contributed by atoms with Gasteiger partial charge in [-0.15, -0.1) is 0 Å². The fraction of sp³-hybridized carbons (Fsp3) is 0. The lowest BCUT2D eigenvalue weighted by molar-refractivity contribution is 0.668. The van der Waals surface area contributed by atoms with E-state index in [4.69, 9.17) is 8.83 Å². The number of hydrogen-bond donors (Lipinski definition) is 0. The predicted octanol–water partition coefficient (Wildman–Crippen LogP) is 22.6. The van der Waals surface area contributed by atoms with Gasteiger partial charge in [-0.3, -0.25) is 0 Å². The topological polar surface area (TPSA) is 36.0 Å². The van der Waals surface area contributed by atoms with Crippen molar-refractivity contribution in [3.05, 3.63) is 322 Å². The number of hydrogen-bond acceptors (Lipinski definition) is 5. The summed E-state index contributed by atoms with van der Waals surface area (Å²) in [6.07, 6.45) is 0. The van der Waals surface area contributed by atoms with Gasteiger partial charge in [-0.2, -0.15) is 0 Å². The molecule has 13 aromatic carbocycles. The first kappa shape index (κ1) is 48.9. The number of furan rings is 2. The monoisotopic (exact) mass is 1060 g/mol. The normalized spacial score (nSPS) is 11.4. The highest BCUT2D eigenvalue weighted by molar-refractivity contribution is 6.07. The van der Waals surface area contributed by atoms with E-state index in [1.54, 1.807) is 0 Å². The molecule has 0 aliphatic carbocycles. The van der Waals surface area contributed by atoms with Crippen LogP contribution in [-0.2, 0) is 0 Å². The van der Waals surface area contributed by atoms with Crippen molar-refractivity contribution in [3.63, 3.8) is 0 Å². The van der Waals surface area contributed by atoms with E-state index in [1.165, 1.54) is 11.1 Å².